The minimum absolute atomic E-state index is 0.0419. The first kappa shape index (κ1) is 17.5. The lowest BCUT2D eigenvalue weighted by Gasteiger charge is -2.22. The van der Waals surface area contributed by atoms with Crippen LogP contribution in [-0.4, -0.2) is 35.9 Å². The molecule has 1 unspecified atom stereocenters. The van der Waals surface area contributed by atoms with Gasteiger partial charge in [0.25, 0.3) is 0 Å². The highest BCUT2D eigenvalue weighted by Gasteiger charge is 2.18. The second kappa shape index (κ2) is 8.02. The molecule has 1 atom stereocenters. The first-order valence-corrected chi connectivity index (χ1v) is 7.76. The molecule has 1 rings (SSSR count). The molecule has 0 spiro atoms. The number of aliphatic hydroxyl groups is 1. The molecule has 2 N–H and O–H groups in total. The number of nitrogens with one attached hydrogen (secondary N) is 1. The standard InChI is InChI=1S/C13H18ClF2NO2S/c1-13(18,8-20-2)7-17-6-9-3-4-11(10(14)5-9)19-12(15)16/h3-5,12,17-18H,6-8H2,1-2H3. The average Bonchev–Trinajstić information content (AvgIpc) is 2.31. The molecule has 0 fully saturated rings. The Kier molecular flexibility index (Phi) is 7.02. The molecule has 0 aliphatic heterocycles. The van der Waals surface area contributed by atoms with Crippen molar-refractivity contribution in [2.45, 2.75) is 25.7 Å². The maximum atomic E-state index is 12.1. The molecule has 7 heteroatoms. The van der Waals surface area contributed by atoms with Crippen molar-refractivity contribution in [1.82, 2.24) is 5.32 Å². The molecule has 0 aliphatic carbocycles. The van der Waals surface area contributed by atoms with Crippen LogP contribution in [0.25, 0.3) is 0 Å². The lowest BCUT2D eigenvalue weighted by molar-refractivity contribution is -0.0498. The van der Waals surface area contributed by atoms with Crippen LogP contribution in [0, 0.1) is 0 Å². The van der Waals surface area contributed by atoms with E-state index in [2.05, 4.69) is 10.1 Å². The van der Waals surface area contributed by atoms with E-state index in [1.165, 1.54) is 6.07 Å². The third kappa shape index (κ3) is 6.26. The van der Waals surface area contributed by atoms with Crippen molar-refractivity contribution < 1.29 is 18.6 Å². The van der Waals surface area contributed by atoms with Crippen molar-refractivity contribution in [2.24, 2.45) is 0 Å². The van der Waals surface area contributed by atoms with Crippen molar-refractivity contribution in [2.75, 3.05) is 18.6 Å². The fraction of sp³-hybridized carbons (Fsp3) is 0.538. The SMILES string of the molecule is CSCC(C)(O)CNCc1ccc(OC(F)F)c(Cl)c1. The summed E-state index contributed by atoms with van der Waals surface area (Å²) in [7, 11) is 0. The Labute approximate surface area is 126 Å². The number of rotatable bonds is 8. The highest BCUT2D eigenvalue weighted by Crippen LogP contribution is 2.26. The Balaban J connectivity index is 2.51. The van der Waals surface area contributed by atoms with Crippen molar-refractivity contribution >= 4 is 23.4 Å². The van der Waals surface area contributed by atoms with Crippen LogP contribution in [0.3, 0.4) is 0 Å². The van der Waals surface area contributed by atoms with E-state index in [4.69, 9.17) is 11.6 Å². The second-order valence-corrected chi connectivity index (χ2v) is 5.95. The summed E-state index contributed by atoms with van der Waals surface area (Å²) in [4.78, 5) is 0. The highest BCUT2D eigenvalue weighted by molar-refractivity contribution is 7.98. The van der Waals surface area contributed by atoms with Crippen molar-refractivity contribution in [3.05, 3.63) is 28.8 Å². The molecule has 0 amide bonds. The molecule has 1 aromatic carbocycles. The Hall–Kier alpha value is -0.560. The summed E-state index contributed by atoms with van der Waals surface area (Å²) >= 11 is 7.42. The van der Waals surface area contributed by atoms with Crippen LogP contribution in [0.15, 0.2) is 18.2 Å². The van der Waals surface area contributed by atoms with Crippen LogP contribution in [0.5, 0.6) is 5.75 Å². The van der Waals surface area contributed by atoms with Gasteiger partial charge >= 0.3 is 6.61 Å². The predicted molar refractivity (Wildman–Crippen MR) is 78.8 cm³/mol. The number of alkyl halides is 2. The third-order valence-electron chi connectivity index (χ3n) is 2.50. The maximum Gasteiger partial charge on any atom is 0.387 e. The van der Waals surface area contributed by atoms with E-state index in [0.29, 0.717) is 18.8 Å². The van der Waals surface area contributed by atoms with E-state index in [9.17, 15) is 13.9 Å². The summed E-state index contributed by atoms with van der Waals surface area (Å²) in [6.07, 6.45) is 1.93. The number of hydrogen-bond acceptors (Lipinski definition) is 4. The zero-order valence-corrected chi connectivity index (χ0v) is 12.9. The highest BCUT2D eigenvalue weighted by atomic mass is 35.5. The van der Waals surface area contributed by atoms with E-state index in [1.54, 1.807) is 30.8 Å². The van der Waals surface area contributed by atoms with Crippen molar-refractivity contribution in [3.63, 3.8) is 0 Å². The van der Waals surface area contributed by atoms with Gasteiger partial charge in [-0.05, 0) is 30.9 Å². The van der Waals surface area contributed by atoms with E-state index in [1.807, 2.05) is 6.26 Å². The molecule has 0 saturated heterocycles. The van der Waals surface area contributed by atoms with E-state index >= 15 is 0 Å². The Morgan fingerprint density at radius 3 is 2.75 bits per heavy atom. The number of benzene rings is 1. The quantitative estimate of drug-likeness (QED) is 0.770. The van der Waals surface area contributed by atoms with Gasteiger partial charge < -0.3 is 15.2 Å². The van der Waals surface area contributed by atoms with Crippen LogP contribution in [0.1, 0.15) is 12.5 Å². The van der Waals surface area contributed by atoms with Crippen molar-refractivity contribution in [3.8, 4) is 5.75 Å². The van der Waals surface area contributed by atoms with Crippen molar-refractivity contribution in [1.29, 1.82) is 0 Å². The predicted octanol–water partition coefficient (Wildman–Crippen LogP) is 3.15. The van der Waals surface area contributed by atoms with Gasteiger partial charge in [-0.2, -0.15) is 20.5 Å². The maximum absolute atomic E-state index is 12.1. The largest absolute Gasteiger partial charge is 0.433 e. The zero-order valence-electron chi connectivity index (χ0n) is 11.3. The number of hydrogen-bond donors (Lipinski definition) is 2. The topological polar surface area (TPSA) is 41.5 Å². The molecule has 1 aromatic rings. The molecule has 114 valence electrons. The van der Waals surface area contributed by atoms with Gasteiger partial charge in [-0.3, -0.25) is 0 Å². The zero-order chi connectivity index (χ0) is 15.2. The van der Waals surface area contributed by atoms with Crippen LogP contribution < -0.4 is 10.1 Å². The van der Waals surface area contributed by atoms with Gasteiger partial charge in [0.1, 0.15) is 5.75 Å². The van der Waals surface area contributed by atoms with Gasteiger partial charge in [0, 0.05) is 18.8 Å². The minimum Gasteiger partial charge on any atom is -0.433 e. The second-order valence-electron chi connectivity index (χ2n) is 4.68. The molecule has 0 aliphatic rings. The summed E-state index contributed by atoms with van der Waals surface area (Å²) in [6, 6.07) is 4.63. The molecule has 0 aromatic heterocycles. The van der Waals surface area contributed by atoms with Gasteiger partial charge in [0.05, 0.1) is 10.6 Å². The lowest BCUT2D eigenvalue weighted by atomic mass is 10.1. The molecule has 0 bridgehead atoms. The molecule has 20 heavy (non-hydrogen) atoms. The number of thioether (sulfide) groups is 1. The fourth-order valence-corrected chi connectivity index (χ4v) is 2.66. The molecule has 0 radical (unpaired) electrons. The first-order chi connectivity index (χ1) is 9.34. The number of ether oxygens (including phenoxy) is 1. The fourth-order valence-electron chi connectivity index (χ4n) is 1.68. The van der Waals surface area contributed by atoms with Gasteiger partial charge in [0.15, 0.2) is 0 Å². The Morgan fingerprint density at radius 2 is 2.20 bits per heavy atom. The average molecular weight is 326 g/mol. The van der Waals surface area contributed by atoms with E-state index in [-0.39, 0.29) is 10.8 Å². The molecular weight excluding hydrogens is 308 g/mol. The van der Waals surface area contributed by atoms with Gasteiger partial charge in [-0.1, -0.05) is 17.7 Å². The van der Waals surface area contributed by atoms with Gasteiger partial charge in [-0.25, -0.2) is 0 Å². The van der Waals surface area contributed by atoms with Crippen LogP contribution in [0.2, 0.25) is 5.02 Å². The minimum atomic E-state index is -2.89. The first-order valence-electron chi connectivity index (χ1n) is 5.99. The van der Waals surface area contributed by atoms with Crippen LogP contribution in [-0.2, 0) is 6.54 Å². The summed E-state index contributed by atoms with van der Waals surface area (Å²) in [5.41, 5.74) is 0.0404. The molecule has 3 nitrogen and oxygen atoms in total. The molecular formula is C13H18ClF2NO2S. The summed E-state index contributed by atoms with van der Waals surface area (Å²) in [5, 5.41) is 13.2. The van der Waals surface area contributed by atoms with Crippen LogP contribution in [0.4, 0.5) is 8.78 Å². The normalized spacial score (nSPS) is 14.3. The Morgan fingerprint density at radius 1 is 1.50 bits per heavy atom. The Bertz CT molecular complexity index is 433. The van der Waals surface area contributed by atoms with E-state index in [0.717, 1.165) is 5.56 Å². The smallest absolute Gasteiger partial charge is 0.387 e. The monoisotopic (exact) mass is 325 g/mol. The van der Waals surface area contributed by atoms with Crippen LogP contribution >= 0.6 is 23.4 Å². The summed E-state index contributed by atoms with van der Waals surface area (Å²) in [6.45, 7) is -0.221. The molecule has 0 heterocycles. The third-order valence-corrected chi connectivity index (χ3v) is 3.71. The summed E-state index contributed by atoms with van der Waals surface area (Å²) in [5.74, 6) is 0.585. The van der Waals surface area contributed by atoms with E-state index < -0.39 is 12.2 Å². The lowest BCUT2D eigenvalue weighted by Crippen LogP contribution is -2.39. The summed E-state index contributed by atoms with van der Waals surface area (Å²) < 4.78 is 28.4. The van der Waals surface area contributed by atoms with Gasteiger partial charge in [0.2, 0.25) is 0 Å². The molecule has 0 saturated carbocycles. The number of halogens is 3. The van der Waals surface area contributed by atoms with Gasteiger partial charge in [-0.15, -0.1) is 0 Å².